The molecule has 0 bridgehead atoms. The number of halogens is 1. The molecule has 2 heterocycles. The van der Waals surface area contributed by atoms with E-state index in [1.165, 1.54) is 0 Å². The first-order valence-electron chi connectivity index (χ1n) is 8.23. The highest BCUT2D eigenvalue weighted by atomic mass is 35.5. The molecule has 1 aromatic carbocycles. The van der Waals surface area contributed by atoms with E-state index in [4.69, 9.17) is 21.1 Å². The van der Waals surface area contributed by atoms with Gasteiger partial charge in [0.05, 0.1) is 46.5 Å². The fraction of sp³-hybridized carbons (Fsp3) is 0.333. The molecule has 0 amide bonds. The van der Waals surface area contributed by atoms with Crippen molar-refractivity contribution in [2.75, 3.05) is 25.7 Å². The molecule has 0 aliphatic carbocycles. The first-order valence-corrected chi connectivity index (χ1v) is 10.1. The number of fused-ring (bicyclic) bond motifs is 1. The molecule has 0 saturated carbocycles. The van der Waals surface area contributed by atoms with E-state index in [-0.39, 0.29) is 5.75 Å². The number of aromatic nitrogens is 3. The van der Waals surface area contributed by atoms with Gasteiger partial charge < -0.3 is 14.5 Å². The second-order valence-electron chi connectivity index (χ2n) is 5.58. The van der Waals surface area contributed by atoms with Gasteiger partial charge >= 0.3 is 0 Å². The molecule has 0 spiro atoms. The van der Waals surface area contributed by atoms with Crippen LogP contribution in [0.5, 0.6) is 5.75 Å². The van der Waals surface area contributed by atoms with E-state index in [1.807, 2.05) is 31.2 Å². The van der Waals surface area contributed by atoms with Crippen molar-refractivity contribution in [3.05, 3.63) is 47.8 Å². The summed E-state index contributed by atoms with van der Waals surface area (Å²) >= 11 is 5.56. The Hall–Kier alpha value is -1.96. The Balaban J connectivity index is 1.67. The Kier molecular flexibility index (Phi) is 6.60. The Morgan fingerprint density at radius 3 is 2.85 bits per heavy atom. The molecule has 2 aromatic heterocycles. The fourth-order valence-electron chi connectivity index (χ4n) is 2.46. The van der Waals surface area contributed by atoms with Crippen molar-refractivity contribution in [3.63, 3.8) is 0 Å². The summed E-state index contributed by atoms with van der Waals surface area (Å²) in [6.07, 6.45) is 1.66. The van der Waals surface area contributed by atoms with Crippen LogP contribution in [0.1, 0.15) is 11.3 Å². The van der Waals surface area contributed by atoms with Crippen LogP contribution < -0.4 is 4.74 Å². The van der Waals surface area contributed by atoms with Gasteiger partial charge in [0.25, 0.3) is 0 Å². The largest absolute Gasteiger partial charge is 0.491 e. The molecule has 138 valence electrons. The number of pyridine rings is 1. The summed E-state index contributed by atoms with van der Waals surface area (Å²) in [6.45, 7) is 3.30. The zero-order chi connectivity index (χ0) is 18.4. The van der Waals surface area contributed by atoms with Crippen LogP contribution in [0, 0.1) is 6.92 Å². The van der Waals surface area contributed by atoms with Gasteiger partial charge in [-0.3, -0.25) is 9.19 Å². The summed E-state index contributed by atoms with van der Waals surface area (Å²) in [5.74, 6) is 1.45. The predicted octanol–water partition coefficient (Wildman–Crippen LogP) is 3.21. The second kappa shape index (κ2) is 9.12. The first kappa shape index (κ1) is 18.8. The SMILES string of the molecule is Cc1c(OCCOCCCl)ccnc1CS(=O)c1nc2ccccc2[nH]1. The zero-order valence-electron chi connectivity index (χ0n) is 14.4. The third kappa shape index (κ3) is 4.60. The Morgan fingerprint density at radius 1 is 1.19 bits per heavy atom. The quantitative estimate of drug-likeness (QED) is 0.446. The summed E-state index contributed by atoms with van der Waals surface area (Å²) in [6, 6.07) is 9.41. The van der Waals surface area contributed by atoms with Gasteiger partial charge in [0.2, 0.25) is 0 Å². The van der Waals surface area contributed by atoms with Crippen molar-refractivity contribution in [2.24, 2.45) is 0 Å². The average molecular weight is 394 g/mol. The molecular formula is C18H20ClN3O3S. The topological polar surface area (TPSA) is 77.1 Å². The third-order valence-corrected chi connectivity index (χ3v) is 5.13. The number of nitrogens with zero attached hydrogens (tertiary/aromatic N) is 2. The van der Waals surface area contributed by atoms with Crippen LogP contribution in [0.25, 0.3) is 11.0 Å². The van der Waals surface area contributed by atoms with Gasteiger partial charge in [0.15, 0.2) is 5.16 Å². The number of aromatic amines is 1. The molecule has 0 radical (unpaired) electrons. The molecular weight excluding hydrogens is 374 g/mol. The molecule has 0 saturated heterocycles. The van der Waals surface area contributed by atoms with Crippen LogP contribution >= 0.6 is 11.6 Å². The van der Waals surface area contributed by atoms with E-state index in [0.29, 0.717) is 36.6 Å². The van der Waals surface area contributed by atoms with Crippen molar-refractivity contribution in [1.29, 1.82) is 0 Å². The maximum Gasteiger partial charge on any atom is 0.197 e. The normalized spacial score (nSPS) is 12.4. The van der Waals surface area contributed by atoms with Crippen molar-refractivity contribution in [3.8, 4) is 5.75 Å². The number of alkyl halides is 1. The lowest BCUT2D eigenvalue weighted by Crippen LogP contribution is -2.10. The Bertz CT molecular complexity index is 867. The maximum absolute atomic E-state index is 12.7. The molecule has 3 aromatic rings. The number of ether oxygens (including phenoxy) is 2. The molecule has 26 heavy (non-hydrogen) atoms. The highest BCUT2D eigenvalue weighted by Crippen LogP contribution is 2.22. The maximum atomic E-state index is 12.7. The van der Waals surface area contributed by atoms with Crippen molar-refractivity contribution < 1.29 is 13.7 Å². The number of nitrogens with one attached hydrogen (secondary N) is 1. The number of hydrogen-bond acceptors (Lipinski definition) is 5. The lowest BCUT2D eigenvalue weighted by molar-refractivity contribution is 0.111. The summed E-state index contributed by atoms with van der Waals surface area (Å²) in [4.78, 5) is 11.9. The molecule has 0 aliphatic rings. The molecule has 3 rings (SSSR count). The van der Waals surface area contributed by atoms with Crippen molar-refractivity contribution in [1.82, 2.24) is 15.0 Å². The van der Waals surface area contributed by atoms with E-state index >= 15 is 0 Å². The van der Waals surface area contributed by atoms with Gasteiger partial charge in [-0.15, -0.1) is 11.6 Å². The summed E-state index contributed by atoms with van der Waals surface area (Å²) in [5, 5.41) is 0.452. The van der Waals surface area contributed by atoms with Gasteiger partial charge in [0.1, 0.15) is 12.4 Å². The van der Waals surface area contributed by atoms with Crippen LogP contribution in [0.4, 0.5) is 0 Å². The fourth-order valence-corrected chi connectivity index (χ4v) is 3.67. The summed E-state index contributed by atoms with van der Waals surface area (Å²) in [5.41, 5.74) is 3.27. The number of hydrogen-bond donors (Lipinski definition) is 1. The van der Waals surface area contributed by atoms with Crippen LogP contribution in [-0.2, 0) is 21.3 Å². The molecule has 8 heteroatoms. The number of para-hydroxylation sites is 2. The van der Waals surface area contributed by atoms with E-state index in [9.17, 15) is 4.21 Å². The van der Waals surface area contributed by atoms with Crippen molar-refractivity contribution >= 4 is 33.4 Å². The number of imidazole rings is 1. The lowest BCUT2D eigenvalue weighted by Gasteiger charge is -2.11. The van der Waals surface area contributed by atoms with Gasteiger partial charge in [-0.25, -0.2) is 4.98 Å². The van der Waals surface area contributed by atoms with E-state index < -0.39 is 10.8 Å². The molecule has 1 atom stereocenters. The minimum atomic E-state index is -1.32. The average Bonchev–Trinajstić information content (AvgIpc) is 3.09. The standard InChI is InChI=1S/C18H20ClN3O3S/c1-13-16(20-8-6-17(13)25-11-10-24-9-7-19)12-26(23)18-21-14-4-2-3-5-15(14)22-18/h2-6,8H,7,9-12H2,1H3,(H,21,22). The van der Waals surface area contributed by atoms with E-state index in [0.717, 1.165) is 22.3 Å². The minimum absolute atomic E-state index is 0.269. The Labute approximate surface area is 159 Å². The van der Waals surface area contributed by atoms with Crippen LogP contribution in [0.3, 0.4) is 0 Å². The molecule has 1 unspecified atom stereocenters. The smallest absolute Gasteiger partial charge is 0.197 e. The van der Waals surface area contributed by atoms with E-state index in [1.54, 1.807) is 12.3 Å². The Morgan fingerprint density at radius 2 is 2.04 bits per heavy atom. The number of benzene rings is 1. The monoisotopic (exact) mass is 393 g/mol. The highest BCUT2D eigenvalue weighted by molar-refractivity contribution is 7.84. The van der Waals surface area contributed by atoms with Crippen molar-refractivity contribution in [2.45, 2.75) is 17.8 Å². The number of H-pyrrole nitrogens is 1. The van der Waals surface area contributed by atoms with Crippen LogP contribution in [-0.4, -0.2) is 44.9 Å². The van der Waals surface area contributed by atoms with Gasteiger partial charge in [-0.05, 0) is 25.1 Å². The third-order valence-electron chi connectivity index (χ3n) is 3.82. The second-order valence-corrected chi connectivity index (χ2v) is 7.32. The highest BCUT2D eigenvalue weighted by Gasteiger charge is 2.14. The zero-order valence-corrected chi connectivity index (χ0v) is 16.0. The van der Waals surface area contributed by atoms with E-state index in [2.05, 4.69) is 15.0 Å². The molecule has 6 nitrogen and oxygen atoms in total. The minimum Gasteiger partial charge on any atom is -0.491 e. The predicted molar refractivity (Wildman–Crippen MR) is 102 cm³/mol. The van der Waals surface area contributed by atoms with Gasteiger partial charge in [0, 0.05) is 17.6 Å². The molecule has 1 N–H and O–H groups in total. The number of rotatable bonds is 9. The lowest BCUT2D eigenvalue weighted by atomic mass is 10.2. The summed E-state index contributed by atoms with van der Waals surface area (Å²) in [7, 11) is -1.32. The van der Waals surface area contributed by atoms with Gasteiger partial charge in [-0.2, -0.15) is 0 Å². The summed E-state index contributed by atoms with van der Waals surface area (Å²) < 4.78 is 23.7. The molecule has 0 aliphatic heterocycles. The van der Waals surface area contributed by atoms with Crippen LogP contribution in [0.15, 0.2) is 41.7 Å². The molecule has 0 fully saturated rings. The van der Waals surface area contributed by atoms with Crippen LogP contribution in [0.2, 0.25) is 0 Å². The van der Waals surface area contributed by atoms with Gasteiger partial charge in [-0.1, -0.05) is 12.1 Å². The first-order chi connectivity index (χ1) is 12.7.